The first-order valence-corrected chi connectivity index (χ1v) is 11.7. The van der Waals surface area contributed by atoms with Gasteiger partial charge in [0, 0.05) is 17.6 Å². The summed E-state index contributed by atoms with van der Waals surface area (Å²) < 4.78 is 5.72. The van der Waals surface area contributed by atoms with E-state index in [2.05, 4.69) is 43.4 Å². The summed E-state index contributed by atoms with van der Waals surface area (Å²) >= 11 is 5.90. The maximum atomic E-state index is 12.2. The molecule has 0 aliphatic heterocycles. The highest BCUT2D eigenvalue weighted by molar-refractivity contribution is 6.30. The van der Waals surface area contributed by atoms with Crippen LogP contribution < -0.4 is 5.32 Å². The van der Waals surface area contributed by atoms with Crippen molar-refractivity contribution in [2.45, 2.75) is 83.4 Å². The molecule has 0 heterocycles. The third-order valence-electron chi connectivity index (χ3n) is 6.06. The molecule has 1 N–H and O–H groups in total. The van der Waals surface area contributed by atoms with E-state index in [-0.39, 0.29) is 12.1 Å². The Kier molecular flexibility index (Phi) is 8.77. The molecule has 0 radical (unpaired) electrons. The van der Waals surface area contributed by atoms with Crippen molar-refractivity contribution in [2.24, 2.45) is 0 Å². The molecule has 1 atom stereocenters. The molecular formula is C26H34ClNO2. The monoisotopic (exact) mass is 427 g/mol. The molecule has 30 heavy (non-hydrogen) atoms. The second kappa shape index (κ2) is 11.5. The van der Waals surface area contributed by atoms with Crippen LogP contribution in [0.4, 0.5) is 0 Å². The zero-order valence-electron chi connectivity index (χ0n) is 18.2. The Morgan fingerprint density at radius 3 is 2.30 bits per heavy atom. The van der Waals surface area contributed by atoms with Crippen LogP contribution in [0.15, 0.2) is 48.5 Å². The van der Waals surface area contributed by atoms with Crippen molar-refractivity contribution in [1.29, 1.82) is 0 Å². The SMILES string of the molecule is CCCC(C)NCc1ccc(C2CCC(OC(=O)Cc3ccc(Cl)cc3)CC2)cc1. The van der Waals surface area contributed by atoms with Crippen LogP contribution in [-0.2, 0) is 22.5 Å². The van der Waals surface area contributed by atoms with Crippen LogP contribution in [0, 0.1) is 0 Å². The Hall–Kier alpha value is -1.84. The van der Waals surface area contributed by atoms with E-state index in [0.717, 1.165) is 37.8 Å². The molecule has 0 spiro atoms. The second-order valence-electron chi connectivity index (χ2n) is 8.58. The zero-order chi connectivity index (χ0) is 21.3. The van der Waals surface area contributed by atoms with Crippen LogP contribution in [0.1, 0.15) is 75.0 Å². The lowest BCUT2D eigenvalue weighted by Gasteiger charge is -2.28. The van der Waals surface area contributed by atoms with Crippen LogP contribution in [0.3, 0.4) is 0 Å². The number of carbonyl (C=O) groups is 1. The number of rotatable bonds is 9. The Labute approximate surface area is 186 Å². The standard InChI is InChI=1S/C26H34ClNO2/c1-3-4-19(2)28-18-21-5-9-22(10-6-21)23-11-15-25(16-12-23)30-26(29)17-20-7-13-24(27)14-8-20/h5-10,13-14,19,23,25,28H,3-4,11-12,15-18H2,1-2H3. The maximum Gasteiger partial charge on any atom is 0.310 e. The average Bonchev–Trinajstić information content (AvgIpc) is 2.75. The van der Waals surface area contributed by atoms with Crippen molar-refractivity contribution >= 4 is 17.6 Å². The van der Waals surface area contributed by atoms with Crippen molar-refractivity contribution in [3.63, 3.8) is 0 Å². The summed E-state index contributed by atoms with van der Waals surface area (Å²) in [6.45, 7) is 5.40. The van der Waals surface area contributed by atoms with E-state index in [4.69, 9.17) is 16.3 Å². The fourth-order valence-corrected chi connectivity index (χ4v) is 4.37. The van der Waals surface area contributed by atoms with Crippen LogP contribution in [0.5, 0.6) is 0 Å². The molecule has 4 heteroatoms. The molecule has 0 amide bonds. The van der Waals surface area contributed by atoms with Gasteiger partial charge in [-0.05, 0) is 73.8 Å². The highest BCUT2D eigenvalue weighted by atomic mass is 35.5. The van der Waals surface area contributed by atoms with Crippen molar-refractivity contribution in [2.75, 3.05) is 0 Å². The van der Waals surface area contributed by atoms with Crippen LogP contribution in [0.2, 0.25) is 5.02 Å². The van der Waals surface area contributed by atoms with Gasteiger partial charge in [0.1, 0.15) is 6.10 Å². The van der Waals surface area contributed by atoms with Gasteiger partial charge in [0.05, 0.1) is 6.42 Å². The first kappa shape index (κ1) is 22.8. The van der Waals surface area contributed by atoms with E-state index in [0.29, 0.717) is 23.4 Å². The molecule has 1 aliphatic rings. The van der Waals surface area contributed by atoms with Gasteiger partial charge in [0.2, 0.25) is 0 Å². The van der Waals surface area contributed by atoms with Crippen molar-refractivity contribution in [3.8, 4) is 0 Å². The number of halogens is 1. The minimum absolute atomic E-state index is 0.0459. The fourth-order valence-electron chi connectivity index (χ4n) is 4.25. The number of benzene rings is 2. The van der Waals surface area contributed by atoms with E-state index >= 15 is 0 Å². The van der Waals surface area contributed by atoms with Crippen molar-refractivity contribution in [3.05, 3.63) is 70.2 Å². The van der Waals surface area contributed by atoms with Gasteiger partial charge >= 0.3 is 5.97 Å². The number of hydrogen-bond acceptors (Lipinski definition) is 3. The number of nitrogens with one attached hydrogen (secondary N) is 1. The molecule has 0 bridgehead atoms. The Bertz CT molecular complexity index is 780. The molecule has 1 fully saturated rings. The first-order valence-electron chi connectivity index (χ1n) is 11.3. The number of ether oxygens (including phenoxy) is 1. The Morgan fingerprint density at radius 2 is 1.67 bits per heavy atom. The molecule has 0 aromatic heterocycles. The molecule has 3 nitrogen and oxygen atoms in total. The largest absolute Gasteiger partial charge is 0.462 e. The summed E-state index contributed by atoms with van der Waals surface area (Å²) in [5.41, 5.74) is 3.69. The summed E-state index contributed by atoms with van der Waals surface area (Å²) in [4.78, 5) is 12.2. The first-order chi connectivity index (χ1) is 14.5. The summed E-state index contributed by atoms with van der Waals surface area (Å²) in [5, 5.41) is 4.27. The van der Waals surface area contributed by atoms with E-state index in [1.807, 2.05) is 24.3 Å². The lowest BCUT2D eigenvalue weighted by atomic mass is 9.82. The Morgan fingerprint density at radius 1 is 1.03 bits per heavy atom. The molecule has 3 rings (SSSR count). The third-order valence-corrected chi connectivity index (χ3v) is 6.31. The lowest BCUT2D eigenvalue weighted by Crippen LogP contribution is -2.25. The molecule has 162 valence electrons. The molecule has 1 aliphatic carbocycles. The number of esters is 1. The summed E-state index contributed by atoms with van der Waals surface area (Å²) in [6.07, 6.45) is 6.81. The average molecular weight is 428 g/mol. The van der Waals surface area contributed by atoms with Crippen LogP contribution in [0.25, 0.3) is 0 Å². The summed E-state index contributed by atoms with van der Waals surface area (Å²) in [6, 6.07) is 17.0. The van der Waals surface area contributed by atoms with Crippen LogP contribution >= 0.6 is 11.6 Å². The predicted octanol–water partition coefficient (Wildman–Crippen LogP) is 6.43. The fraction of sp³-hybridized carbons (Fsp3) is 0.500. The van der Waals surface area contributed by atoms with Gasteiger partial charge in [0.15, 0.2) is 0 Å². The van der Waals surface area contributed by atoms with Gasteiger partial charge in [-0.1, -0.05) is 61.3 Å². The maximum absolute atomic E-state index is 12.2. The van der Waals surface area contributed by atoms with Gasteiger partial charge in [-0.3, -0.25) is 4.79 Å². The molecule has 2 aromatic rings. The summed E-state index contributed by atoms with van der Waals surface area (Å²) in [5.74, 6) is 0.423. The predicted molar refractivity (Wildman–Crippen MR) is 124 cm³/mol. The molecule has 2 aromatic carbocycles. The summed E-state index contributed by atoms with van der Waals surface area (Å²) in [7, 11) is 0. The van der Waals surface area contributed by atoms with Gasteiger partial charge < -0.3 is 10.1 Å². The van der Waals surface area contributed by atoms with Gasteiger partial charge in [-0.15, -0.1) is 0 Å². The topological polar surface area (TPSA) is 38.3 Å². The van der Waals surface area contributed by atoms with E-state index in [1.165, 1.54) is 24.0 Å². The van der Waals surface area contributed by atoms with Gasteiger partial charge in [0.25, 0.3) is 0 Å². The van der Waals surface area contributed by atoms with E-state index in [1.54, 1.807) is 0 Å². The van der Waals surface area contributed by atoms with E-state index < -0.39 is 0 Å². The van der Waals surface area contributed by atoms with E-state index in [9.17, 15) is 4.79 Å². The number of hydrogen-bond donors (Lipinski definition) is 1. The zero-order valence-corrected chi connectivity index (χ0v) is 19.0. The molecule has 1 unspecified atom stereocenters. The van der Waals surface area contributed by atoms with Crippen molar-refractivity contribution < 1.29 is 9.53 Å². The Balaban J connectivity index is 1.41. The van der Waals surface area contributed by atoms with Gasteiger partial charge in [-0.2, -0.15) is 0 Å². The van der Waals surface area contributed by atoms with Gasteiger partial charge in [-0.25, -0.2) is 0 Å². The minimum Gasteiger partial charge on any atom is -0.462 e. The van der Waals surface area contributed by atoms with Crippen molar-refractivity contribution in [1.82, 2.24) is 5.32 Å². The molecular weight excluding hydrogens is 394 g/mol. The number of carbonyl (C=O) groups excluding carboxylic acids is 1. The van der Waals surface area contributed by atoms with Crippen LogP contribution in [-0.4, -0.2) is 18.1 Å². The highest BCUT2D eigenvalue weighted by Gasteiger charge is 2.25. The second-order valence-corrected chi connectivity index (χ2v) is 9.02. The normalized spacial score (nSPS) is 20.0. The quantitative estimate of drug-likeness (QED) is 0.468. The smallest absolute Gasteiger partial charge is 0.310 e. The molecule has 0 saturated heterocycles. The lowest BCUT2D eigenvalue weighted by molar-refractivity contribution is -0.149. The minimum atomic E-state index is -0.144. The highest BCUT2D eigenvalue weighted by Crippen LogP contribution is 2.34. The third kappa shape index (κ3) is 7.14. The molecule has 1 saturated carbocycles.